The van der Waals surface area contributed by atoms with E-state index in [1.165, 1.54) is 12.3 Å². The molecule has 0 unspecified atom stereocenters. The lowest BCUT2D eigenvalue weighted by atomic mass is 10.00. The van der Waals surface area contributed by atoms with Crippen LogP contribution in [-0.4, -0.2) is 33.4 Å². The topological polar surface area (TPSA) is 90.9 Å². The van der Waals surface area contributed by atoms with E-state index in [9.17, 15) is 9.59 Å². The highest BCUT2D eigenvalue weighted by Crippen LogP contribution is 2.31. The fourth-order valence-corrected chi connectivity index (χ4v) is 3.74. The van der Waals surface area contributed by atoms with E-state index in [1.54, 1.807) is 78.2 Å². The van der Waals surface area contributed by atoms with Crippen LogP contribution in [0.5, 0.6) is 11.5 Å². The maximum absolute atomic E-state index is 15.9. The summed E-state index contributed by atoms with van der Waals surface area (Å²) in [5.74, 6) is -0.275. The summed E-state index contributed by atoms with van der Waals surface area (Å²) >= 11 is 5.97. The van der Waals surface area contributed by atoms with E-state index in [1.807, 2.05) is 6.92 Å². The molecule has 0 fully saturated rings. The number of imide groups is 1. The van der Waals surface area contributed by atoms with Crippen LogP contribution in [0.25, 0.3) is 0 Å². The number of amides is 2. The predicted octanol–water partition coefficient (Wildman–Crippen LogP) is 7.89. The number of halogens is 2. The highest BCUT2D eigenvalue weighted by molar-refractivity contribution is 6.30. The Morgan fingerprint density at radius 3 is 2.05 bits per heavy atom. The fraction of sp³-hybridized carbons (Fsp3) is 0.379. The lowest BCUT2D eigenvalue weighted by Crippen LogP contribution is -2.44. The third-order valence-electron chi connectivity index (χ3n) is 5.20. The standard InChI is InChI=1S/C29H33ClFN3O5/c1-8-22-19(16-32-17-23(22)37-21-11-9-20(30)10-12-21)15-18-13-14-33-25(24(18)31)34(26(35)38-28(2,3)4)27(36)39-29(5,6)7/h9-14,16-17H,8,15H2,1-7H3. The van der Waals surface area contributed by atoms with Gasteiger partial charge < -0.3 is 14.2 Å². The van der Waals surface area contributed by atoms with Gasteiger partial charge in [0.1, 0.15) is 22.7 Å². The summed E-state index contributed by atoms with van der Waals surface area (Å²) in [6, 6.07) is 8.40. The van der Waals surface area contributed by atoms with E-state index < -0.39 is 35.0 Å². The average Bonchev–Trinajstić information content (AvgIpc) is 2.81. The molecule has 39 heavy (non-hydrogen) atoms. The normalized spacial score (nSPS) is 11.6. The number of pyridine rings is 2. The van der Waals surface area contributed by atoms with E-state index >= 15 is 4.39 Å². The molecule has 2 amide bonds. The fourth-order valence-electron chi connectivity index (χ4n) is 3.61. The molecule has 208 valence electrons. The smallest absolute Gasteiger partial charge is 0.425 e. The predicted molar refractivity (Wildman–Crippen MR) is 147 cm³/mol. The van der Waals surface area contributed by atoms with E-state index in [0.717, 1.165) is 5.56 Å². The van der Waals surface area contributed by atoms with Crippen molar-refractivity contribution in [3.63, 3.8) is 0 Å². The molecule has 2 heterocycles. The molecule has 3 aromatic rings. The number of anilines is 1. The van der Waals surface area contributed by atoms with Gasteiger partial charge in [-0.05, 0) is 89.4 Å². The van der Waals surface area contributed by atoms with Crippen molar-refractivity contribution in [3.05, 3.63) is 76.5 Å². The quantitative estimate of drug-likeness (QED) is 0.304. The summed E-state index contributed by atoms with van der Waals surface area (Å²) in [4.78, 5) is 34.8. The van der Waals surface area contributed by atoms with Gasteiger partial charge >= 0.3 is 12.2 Å². The second-order valence-corrected chi connectivity index (χ2v) is 11.2. The van der Waals surface area contributed by atoms with Crippen LogP contribution < -0.4 is 9.64 Å². The Bertz CT molecular complexity index is 1310. The molecular formula is C29H33ClFN3O5. The Hall–Kier alpha value is -3.72. The first-order valence-electron chi connectivity index (χ1n) is 12.5. The van der Waals surface area contributed by atoms with Gasteiger partial charge in [-0.3, -0.25) is 4.98 Å². The van der Waals surface area contributed by atoms with Crippen LogP contribution in [0, 0.1) is 5.82 Å². The summed E-state index contributed by atoms with van der Waals surface area (Å²) in [7, 11) is 0. The van der Waals surface area contributed by atoms with E-state index in [2.05, 4.69) is 9.97 Å². The number of benzene rings is 1. The molecule has 0 spiro atoms. The van der Waals surface area contributed by atoms with Crippen LogP contribution in [0.2, 0.25) is 5.02 Å². The molecule has 0 N–H and O–H groups in total. The number of carbonyl (C=O) groups excluding carboxylic acids is 2. The highest BCUT2D eigenvalue weighted by atomic mass is 35.5. The van der Waals surface area contributed by atoms with Crippen molar-refractivity contribution in [2.24, 2.45) is 0 Å². The minimum atomic E-state index is -1.10. The van der Waals surface area contributed by atoms with Gasteiger partial charge in [-0.15, -0.1) is 0 Å². The van der Waals surface area contributed by atoms with Crippen molar-refractivity contribution in [3.8, 4) is 11.5 Å². The van der Waals surface area contributed by atoms with E-state index in [-0.39, 0.29) is 12.0 Å². The minimum absolute atomic E-state index is 0.103. The number of hydrogen-bond acceptors (Lipinski definition) is 7. The lowest BCUT2D eigenvalue weighted by Gasteiger charge is -2.28. The molecule has 0 saturated heterocycles. The third-order valence-corrected chi connectivity index (χ3v) is 5.45. The number of rotatable bonds is 6. The zero-order valence-electron chi connectivity index (χ0n) is 23.2. The van der Waals surface area contributed by atoms with Crippen LogP contribution in [-0.2, 0) is 22.3 Å². The first kappa shape index (κ1) is 29.8. The molecule has 10 heteroatoms. The summed E-state index contributed by atoms with van der Waals surface area (Å²) < 4.78 is 32.7. The maximum atomic E-state index is 15.9. The van der Waals surface area contributed by atoms with Crippen molar-refractivity contribution in [1.82, 2.24) is 9.97 Å². The van der Waals surface area contributed by atoms with Crippen molar-refractivity contribution in [2.45, 2.75) is 72.5 Å². The molecule has 0 radical (unpaired) electrons. The number of ether oxygens (including phenoxy) is 3. The minimum Gasteiger partial charge on any atom is -0.455 e. The average molecular weight is 558 g/mol. The molecular weight excluding hydrogens is 525 g/mol. The van der Waals surface area contributed by atoms with Gasteiger partial charge in [-0.1, -0.05) is 18.5 Å². The van der Waals surface area contributed by atoms with Gasteiger partial charge in [0.25, 0.3) is 0 Å². The molecule has 0 atom stereocenters. The third kappa shape index (κ3) is 8.13. The number of nitrogens with zero attached hydrogens (tertiary/aromatic N) is 3. The summed E-state index contributed by atoms with van der Waals surface area (Å²) in [5, 5.41) is 0.584. The highest BCUT2D eigenvalue weighted by Gasteiger charge is 2.36. The van der Waals surface area contributed by atoms with Crippen LogP contribution in [0.3, 0.4) is 0 Å². The molecule has 0 saturated carbocycles. The molecule has 0 aliphatic carbocycles. The zero-order chi connectivity index (χ0) is 29.0. The summed E-state index contributed by atoms with van der Waals surface area (Å²) in [6.07, 6.45) is 3.03. The molecule has 0 aliphatic rings. The maximum Gasteiger partial charge on any atom is 0.425 e. The van der Waals surface area contributed by atoms with E-state index in [0.29, 0.717) is 33.4 Å². The van der Waals surface area contributed by atoms with E-state index in [4.69, 9.17) is 25.8 Å². The molecule has 1 aromatic carbocycles. The van der Waals surface area contributed by atoms with Gasteiger partial charge in [0.15, 0.2) is 11.6 Å². The summed E-state index contributed by atoms with van der Waals surface area (Å²) in [5.41, 5.74) is -0.165. The van der Waals surface area contributed by atoms with Gasteiger partial charge in [-0.2, -0.15) is 4.90 Å². The number of carbonyl (C=O) groups is 2. The van der Waals surface area contributed by atoms with Crippen molar-refractivity contribution < 1.29 is 28.2 Å². The molecule has 8 nitrogen and oxygen atoms in total. The SMILES string of the molecule is CCc1c(Cc2ccnc(N(C(=O)OC(C)(C)C)C(=O)OC(C)(C)C)c2F)cncc1Oc1ccc(Cl)cc1. The van der Waals surface area contributed by atoms with Crippen molar-refractivity contribution in [2.75, 3.05) is 4.90 Å². The summed E-state index contributed by atoms with van der Waals surface area (Å²) in [6.45, 7) is 11.8. The molecule has 3 rings (SSSR count). The largest absolute Gasteiger partial charge is 0.455 e. The van der Waals surface area contributed by atoms with Gasteiger partial charge in [-0.25, -0.2) is 19.0 Å². The Morgan fingerprint density at radius 1 is 0.923 bits per heavy atom. The van der Waals surface area contributed by atoms with Crippen molar-refractivity contribution >= 4 is 29.6 Å². The second kappa shape index (κ2) is 12.0. The van der Waals surface area contributed by atoms with Gasteiger partial charge in [0.05, 0.1) is 6.20 Å². The van der Waals surface area contributed by atoms with Crippen LogP contribution in [0.1, 0.15) is 65.2 Å². The molecule has 2 aromatic heterocycles. The Morgan fingerprint density at radius 2 is 1.51 bits per heavy atom. The Balaban J connectivity index is 1.99. The lowest BCUT2D eigenvalue weighted by molar-refractivity contribution is 0.0427. The van der Waals surface area contributed by atoms with Crippen molar-refractivity contribution in [1.29, 1.82) is 0 Å². The van der Waals surface area contributed by atoms with Gasteiger partial charge in [0.2, 0.25) is 0 Å². The van der Waals surface area contributed by atoms with Crippen LogP contribution in [0.15, 0.2) is 48.9 Å². The molecule has 0 aliphatic heterocycles. The first-order chi connectivity index (χ1) is 18.2. The monoisotopic (exact) mass is 557 g/mol. The Labute approximate surface area is 233 Å². The van der Waals surface area contributed by atoms with Crippen LogP contribution in [0.4, 0.5) is 19.8 Å². The second-order valence-electron chi connectivity index (χ2n) is 10.8. The van der Waals surface area contributed by atoms with Crippen LogP contribution >= 0.6 is 11.6 Å². The molecule has 0 bridgehead atoms. The van der Waals surface area contributed by atoms with Gasteiger partial charge in [0, 0.05) is 29.4 Å². The number of hydrogen-bond donors (Lipinski definition) is 0. The zero-order valence-corrected chi connectivity index (χ0v) is 23.9. The number of aromatic nitrogens is 2. The first-order valence-corrected chi connectivity index (χ1v) is 12.8. The Kier molecular flexibility index (Phi) is 9.17.